The Bertz CT molecular complexity index is 843. The maximum absolute atomic E-state index is 12.3. The zero-order chi connectivity index (χ0) is 19.1. The van der Waals surface area contributed by atoms with Gasteiger partial charge in [0.15, 0.2) is 5.16 Å². The number of H-pyrrole nitrogens is 1. The van der Waals surface area contributed by atoms with E-state index in [1.807, 2.05) is 18.2 Å². The van der Waals surface area contributed by atoms with Crippen LogP contribution in [0.1, 0.15) is 44.9 Å². The van der Waals surface area contributed by atoms with Gasteiger partial charge in [0.1, 0.15) is 5.75 Å². The molecule has 4 fully saturated rings. The topological polar surface area (TPSA) is 67.0 Å². The number of nitrogens with zero attached hydrogens (tertiary/aromatic N) is 1. The smallest absolute Gasteiger partial charge is 0.230 e. The van der Waals surface area contributed by atoms with E-state index in [9.17, 15) is 4.79 Å². The van der Waals surface area contributed by atoms with Crippen LogP contribution in [-0.2, 0) is 4.79 Å². The fourth-order valence-corrected chi connectivity index (χ4v) is 7.12. The Kier molecular flexibility index (Phi) is 4.77. The van der Waals surface area contributed by atoms with Gasteiger partial charge in [-0.3, -0.25) is 4.79 Å². The normalized spacial score (nSPS) is 30.7. The number of benzene rings is 1. The van der Waals surface area contributed by atoms with Crippen molar-refractivity contribution >= 4 is 28.7 Å². The second-order valence-electron chi connectivity index (χ2n) is 9.23. The summed E-state index contributed by atoms with van der Waals surface area (Å²) in [5, 5.41) is 3.94. The molecule has 4 aliphatic rings. The van der Waals surface area contributed by atoms with Crippen molar-refractivity contribution in [3.63, 3.8) is 0 Å². The molecule has 1 aromatic carbocycles. The van der Waals surface area contributed by atoms with E-state index >= 15 is 0 Å². The summed E-state index contributed by atoms with van der Waals surface area (Å²) in [6.45, 7) is 0.822. The minimum absolute atomic E-state index is 0.104. The average molecular weight is 400 g/mol. The van der Waals surface area contributed by atoms with Gasteiger partial charge < -0.3 is 15.0 Å². The third-order valence-electron chi connectivity index (χ3n) is 7.15. The first-order valence-electron chi connectivity index (χ1n) is 10.5. The number of carbonyl (C=O) groups is 1. The summed E-state index contributed by atoms with van der Waals surface area (Å²) >= 11 is 1.46. The lowest BCUT2D eigenvalue weighted by atomic mass is 9.49. The first-order chi connectivity index (χ1) is 13.6. The number of methoxy groups -OCH3 is 1. The molecule has 2 N–H and O–H groups in total. The van der Waals surface area contributed by atoms with Crippen LogP contribution >= 0.6 is 11.8 Å². The van der Waals surface area contributed by atoms with Crippen molar-refractivity contribution in [1.29, 1.82) is 0 Å². The van der Waals surface area contributed by atoms with Crippen LogP contribution in [0.4, 0.5) is 0 Å². The first-order valence-corrected chi connectivity index (χ1v) is 11.5. The quantitative estimate of drug-likeness (QED) is 0.678. The molecule has 4 saturated carbocycles. The van der Waals surface area contributed by atoms with Gasteiger partial charge >= 0.3 is 0 Å². The molecule has 0 aliphatic heterocycles. The fraction of sp³-hybridized carbons (Fsp3) is 0.636. The highest BCUT2D eigenvalue weighted by Gasteiger charge is 2.50. The van der Waals surface area contributed by atoms with Gasteiger partial charge in [-0.1, -0.05) is 11.8 Å². The van der Waals surface area contributed by atoms with E-state index in [2.05, 4.69) is 15.3 Å². The highest BCUT2D eigenvalue weighted by molar-refractivity contribution is 7.99. The molecule has 0 saturated heterocycles. The number of hydrogen-bond donors (Lipinski definition) is 2. The zero-order valence-corrected chi connectivity index (χ0v) is 17.3. The summed E-state index contributed by atoms with van der Waals surface area (Å²) in [7, 11) is 1.65. The number of carbonyl (C=O) groups excluding carboxylic acids is 1. The van der Waals surface area contributed by atoms with Crippen molar-refractivity contribution in [3.8, 4) is 5.75 Å². The monoisotopic (exact) mass is 399 g/mol. The van der Waals surface area contributed by atoms with E-state index in [4.69, 9.17) is 4.74 Å². The lowest BCUT2D eigenvalue weighted by Gasteiger charge is -2.57. The second kappa shape index (κ2) is 7.29. The van der Waals surface area contributed by atoms with Crippen LogP contribution in [0.3, 0.4) is 0 Å². The Hall–Kier alpha value is -1.69. The Balaban J connectivity index is 1.10. The molecule has 1 aromatic heterocycles. The molecule has 1 amide bonds. The van der Waals surface area contributed by atoms with Crippen LogP contribution in [0.2, 0.25) is 0 Å². The number of thioether (sulfide) groups is 1. The van der Waals surface area contributed by atoms with E-state index in [-0.39, 0.29) is 5.91 Å². The molecule has 150 valence electrons. The van der Waals surface area contributed by atoms with Crippen molar-refractivity contribution in [2.45, 2.75) is 50.1 Å². The number of amides is 1. The fourth-order valence-electron chi connectivity index (χ4n) is 6.41. The van der Waals surface area contributed by atoms with Crippen molar-refractivity contribution in [1.82, 2.24) is 15.3 Å². The second-order valence-corrected chi connectivity index (χ2v) is 10.2. The number of ether oxygens (including phenoxy) is 1. The van der Waals surface area contributed by atoms with Gasteiger partial charge in [0.2, 0.25) is 5.91 Å². The first kappa shape index (κ1) is 18.3. The number of fused-ring (bicyclic) bond motifs is 1. The van der Waals surface area contributed by atoms with E-state index < -0.39 is 0 Å². The molecule has 0 spiro atoms. The third kappa shape index (κ3) is 3.63. The standard InChI is InChI=1S/C22H29N3O2S/c1-27-17-2-3-18-19(9-17)25-21(24-18)28-13-20(26)23-5-4-22-10-14-6-15(11-22)8-16(7-14)12-22/h2-3,9,14-16H,4-8,10-13H2,1H3,(H,23,26)(H,24,25). The Morgan fingerprint density at radius 3 is 2.64 bits per heavy atom. The van der Waals surface area contributed by atoms with Gasteiger partial charge in [-0.05, 0) is 80.2 Å². The van der Waals surface area contributed by atoms with Crippen LogP contribution in [0.15, 0.2) is 23.4 Å². The number of aromatic amines is 1. The van der Waals surface area contributed by atoms with Gasteiger partial charge in [-0.25, -0.2) is 4.98 Å². The molecule has 0 radical (unpaired) electrons. The largest absolute Gasteiger partial charge is 0.497 e. The highest BCUT2D eigenvalue weighted by Crippen LogP contribution is 2.61. The number of aromatic nitrogens is 2. The van der Waals surface area contributed by atoms with Gasteiger partial charge in [0, 0.05) is 12.6 Å². The summed E-state index contributed by atoms with van der Waals surface area (Å²) in [5.41, 5.74) is 2.36. The predicted molar refractivity (Wildman–Crippen MR) is 112 cm³/mol. The summed E-state index contributed by atoms with van der Waals surface area (Å²) in [4.78, 5) is 20.1. The minimum Gasteiger partial charge on any atom is -0.497 e. The maximum atomic E-state index is 12.3. The van der Waals surface area contributed by atoms with Gasteiger partial charge in [0.05, 0.1) is 23.9 Å². The van der Waals surface area contributed by atoms with Gasteiger partial charge in [0.25, 0.3) is 0 Å². The van der Waals surface area contributed by atoms with Crippen LogP contribution in [0.5, 0.6) is 5.75 Å². The number of hydrogen-bond acceptors (Lipinski definition) is 4. The van der Waals surface area contributed by atoms with Crippen molar-refractivity contribution in [2.75, 3.05) is 19.4 Å². The van der Waals surface area contributed by atoms with Crippen LogP contribution in [0.25, 0.3) is 11.0 Å². The lowest BCUT2D eigenvalue weighted by Crippen LogP contribution is -2.47. The Labute approximate surface area is 170 Å². The maximum Gasteiger partial charge on any atom is 0.230 e. The molecule has 6 heteroatoms. The molecule has 1 heterocycles. The molecular weight excluding hydrogens is 370 g/mol. The third-order valence-corrected chi connectivity index (χ3v) is 8.02. The molecule has 6 rings (SSSR count). The van der Waals surface area contributed by atoms with Crippen LogP contribution in [-0.4, -0.2) is 35.3 Å². The number of rotatable bonds is 7. The summed E-state index contributed by atoms with van der Waals surface area (Å²) < 4.78 is 5.24. The van der Waals surface area contributed by atoms with Crippen LogP contribution in [0, 0.1) is 23.2 Å². The Morgan fingerprint density at radius 1 is 1.25 bits per heavy atom. The van der Waals surface area contributed by atoms with Crippen molar-refractivity contribution < 1.29 is 9.53 Å². The molecule has 28 heavy (non-hydrogen) atoms. The molecular formula is C22H29N3O2S. The lowest BCUT2D eigenvalue weighted by molar-refractivity contribution is -0.119. The van der Waals surface area contributed by atoms with E-state index in [1.165, 1.54) is 50.3 Å². The molecule has 0 unspecified atom stereocenters. The summed E-state index contributed by atoms with van der Waals surface area (Å²) in [6, 6.07) is 5.76. The van der Waals surface area contributed by atoms with Crippen LogP contribution < -0.4 is 10.1 Å². The molecule has 2 aromatic rings. The van der Waals surface area contributed by atoms with Crippen molar-refractivity contribution in [2.24, 2.45) is 23.2 Å². The minimum atomic E-state index is 0.104. The Morgan fingerprint density at radius 2 is 1.96 bits per heavy atom. The van der Waals surface area contributed by atoms with Gasteiger partial charge in [-0.15, -0.1) is 0 Å². The average Bonchev–Trinajstić information content (AvgIpc) is 3.07. The van der Waals surface area contributed by atoms with E-state index in [1.54, 1.807) is 7.11 Å². The molecule has 5 nitrogen and oxygen atoms in total. The van der Waals surface area contributed by atoms with Crippen molar-refractivity contribution in [3.05, 3.63) is 18.2 Å². The summed E-state index contributed by atoms with van der Waals surface area (Å²) in [6.07, 6.45) is 9.82. The predicted octanol–water partition coefficient (Wildman–Crippen LogP) is 4.39. The van der Waals surface area contributed by atoms with E-state index in [0.29, 0.717) is 11.2 Å². The SMILES string of the molecule is COc1ccc2nc(SCC(=O)NCCC34CC5CC(CC(C5)C3)C4)[nH]c2c1. The molecule has 4 aliphatic carbocycles. The molecule has 4 bridgehead atoms. The zero-order valence-electron chi connectivity index (χ0n) is 16.5. The molecule has 0 atom stereocenters. The number of nitrogens with one attached hydrogen (secondary N) is 2. The number of imidazole rings is 1. The highest BCUT2D eigenvalue weighted by atomic mass is 32.2. The van der Waals surface area contributed by atoms with Gasteiger partial charge in [-0.2, -0.15) is 0 Å². The summed E-state index contributed by atoms with van der Waals surface area (Å²) in [5.74, 6) is 4.23. The van der Waals surface area contributed by atoms with E-state index in [0.717, 1.165) is 52.7 Å².